The quantitative estimate of drug-likeness (QED) is 0.394. The lowest BCUT2D eigenvalue weighted by Gasteiger charge is -1.65. The van der Waals surface area contributed by atoms with E-state index < -0.39 is 0 Å². The smallest absolute Gasteiger partial charge is 0.0766 e. The van der Waals surface area contributed by atoms with E-state index in [0.29, 0.717) is 0 Å². The number of hydrogen-bond acceptors (Lipinski definition) is 1. The number of rotatable bonds is 0. The normalized spacial score (nSPS) is 14.9. The van der Waals surface area contributed by atoms with Crippen LogP contribution in [-0.4, -0.2) is 6.21 Å². The number of hydrogen-bond donors (Lipinski definition) is 0. The molecule has 0 aromatic rings. The van der Waals surface area contributed by atoms with Gasteiger partial charge in [-0.2, -0.15) is 0 Å². The molecule has 0 aromatic carbocycles. The molecule has 1 heterocycles. The van der Waals surface area contributed by atoms with Crippen molar-refractivity contribution in [3.63, 3.8) is 0 Å². The van der Waals surface area contributed by atoms with Crippen molar-refractivity contribution < 1.29 is 0 Å². The Balaban J connectivity index is 2.68. The van der Waals surface area contributed by atoms with Crippen LogP contribution in [0.25, 0.3) is 0 Å². The Bertz CT molecular complexity index is 155. The standard InChI is InChI=1S/C6H5N/c1-2-4-6-7-5-3-1/h3,5-6H,1H2. The summed E-state index contributed by atoms with van der Waals surface area (Å²) in [7, 11) is 0. The van der Waals surface area contributed by atoms with Crippen molar-refractivity contribution in [3.8, 4) is 11.8 Å². The van der Waals surface area contributed by atoms with Gasteiger partial charge >= 0.3 is 0 Å². The van der Waals surface area contributed by atoms with Gasteiger partial charge in [0, 0.05) is 12.6 Å². The Morgan fingerprint density at radius 3 is 3.57 bits per heavy atom. The second-order valence-corrected chi connectivity index (χ2v) is 1.19. The van der Waals surface area contributed by atoms with Crippen LogP contribution in [0.3, 0.4) is 0 Å². The average molecular weight is 91.1 g/mol. The maximum absolute atomic E-state index is 3.79. The van der Waals surface area contributed by atoms with E-state index in [2.05, 4.69) is 16.8 Å². The van der Waals surface area contributed by atoms with Crippen molar-refractivity contribution in [2.75, 3.05) is 0 Å². The average Bonchev–Trinajstić information content (AvgIpc) is 1.90. The van der Waals surface area contributed by atoms with Crippen LogP contribution in [0.1, 0.15) is 6.42 Å². The summed E-state index contributed by atoms with van der Waals surface area (Å²) in [5.74, 6) is 5.60. The van der Waals surface area contributed by atoms with Gasteiger partial charge in [0.2, 0.25) is 0 Å². The number of nitrogens with zero attached hydrogens (tertiary/aromatic N) is 1. The zero-order valence-electron chi connectivity index (χ0n) is 3.89. The van der Waals surface area contributed by atoms with Gasteiger partial charge in [0.25, 0.3) is 0 Å². The van der Waals surface area contributed by atoms with E-state index in [1.165, 1.54) is 0 Å². The van der Waals surface area contributed by atoms with E-state index in [4.69, 9.17) is 0 Å². The summed E-state index contributed by atoms with van der Waals surface area (Å²) in [6.07, 6.45) is 6.10. The Morgan fingerprint density at radius 2 is 2.57 bits per heavy atom. The third-order valence-electron chi connectivity index (χ3n) is 0.653. The van der Waals surface area contributed by atoms with Crippen LogP contribution < -0.4 is 0 Å². The highest BCUT2D eigenvalue weighted by atomic mass is 14.7. The SMILES string of the molecule is C1#CCC=CN=C1. The second kappa shape index (κ2) is 2.20. The number of allylic oxidation sites excluding steroid dienone is 1. The van der Waals surface area contributed by atoms with Gasteiger partial charge in [-0.1, -0.05) is 17.9 Å². The molecule has 1 heteroatoms. The predicted octanol–water partition coefficient (Wildman–Crippen LogP) is 0.978. The summed E-state index contributed by atoms with van der Waals surface area (Å²) >= 11 is 0. The lowest BCUT2D eigenvalue weighted by atomic mass is 10.4. The summed E-state index contributed by atoms with van der Waals surface area (Å²) < 4.78 is 0. The van der Waals surface area contributed by atoms with Crippen molar-refractivity contribution >= 4 is 6.21 Å². The highest BCUT2D eigenvalue weighted by Gasteiger charge is 1.69. The molecule has 0 saturated heterocycles. The fourth-order valence-corrected chi connectivity index (χ4v) is 0.357. The lowest BCUT2D eigenvalue weighted by Crippen LogP contribution is -1.55. The molecule has 0 saturated carbocycles. The van der Waals surface area contributed by atoms with Gasteiger partial charge in [-0.05, 0) is 0 Å². The van der Waals surface area contributed by atoms with Gasteiger partial charge < -0.3 is 0 Å². The minimum atomic E-state index is 0.833. The fraction of sp³-hybridized carbons (Fsp3) is 0.167. The van der Waals surface area contributed by atoms with Crippen LogP contribution in [0.15, 0.2) is 17.3 Å². The molecule has 0 spiro atoms. The maximum atomic E-state index is 3.79. The summed E-state index contributed by atoms with van der Waals surface area (Å²) in [6, 6.07) is 0. The minimum absolute atomic E-state index is 0.833. The maximum Gasteiger partial charge on any atom is 0.0766 e. The molecule has 0 N–H and O–H groups in total. The van der Waals surface area contributed by atoms with Gasteiger partial charge in [0.1, 0.15) is 0 Å². The molecule has 1 rings (SSSR count). The molecule has 0 radical (unpaired) electrons. The first kappa shape index (κ1) is 4.14. The largest absolute Gasteiger partial charge is 0.256 e. The molecular formula is C6H5N. The van der Waals surface area contributed by atoms with E-state index in [0.717, 1.165) is 6.42 Å². The molecule has 0 aromatic heterocycles. The molecule has 1 aliphatic rings. The van der Waals surface area contributed by atoms with Crippen LogP contribution in [0.4, 0.5) is 0 Å². The molecule has 0 fully saturated rings. The Morgan fingerprint density at radius 1 is 1.57 bits per heavy atom. The monoisotopic (exact) mass is 91.0 g/mol. The topological polar surface area (TPSA) is 12.4 Å². The molecule has 7 heavy (non-hydrogen) atoms. The number of aliphatic imine (C=N–C) groups is 1. The van der Waals surface area contributed by atoms with Gasteiger partial charge in [-0.25, -0.2) is 0 Å². The van der Waals surface area contributed by atoms with Crippen molar-refractivity contribution in [1.82, 2.24) is 0 Å². The molecule has 34 valence electrons. The van der Waals surface area contributed by atoms with Crippen molar-refractivity contribution in [3.05, 3.63) is 12.3 Å². The fourth-order valence-electron chi connectivity index (χ4n) is 0.357. The van der Waals surface area contributed by atoms with Gasteiger partial charge in [0.15, 0.2) is 0 Å². The molecule has 0 atom stereocenters. The zero-order chi connectivity index (χ0) is 4.95. The van der Waals surface area contributed by atoms with Crippen molar-refractivity contribution in [1.29, 1.82) is 0 Å². The van der Waals surface area contributed by atoms with E-state index >= 15 is 0 Å². The predicted molar refractivity (Wildman–Crippen MR) is 30.0 cm³/mol. The third kappa shape index (κ3) is 1.23. The van der Waals surface area contributed by atoms with Crippen LogP contribution >= 0.6 is 0 Å². The van der Waals surface area contributed by atoms with E-state index in [9.17, 15) is 0 Å². The first-order valence-electron chi connectivity index (χ1n) is 2.15. The van der Waals surface area contributed by atoms with Crippen molar-refractivity contribution in [2.45, 2.75) is 6.42 Å². The summed E-state index contributed by atoms with van der Waals surface area (Å²) in [5, 5.41) is 0. The molecular weight excluding hydrogens is 86.1 g/mol. The minimum Gasteiger partial charge on any atom is -0.256 e. The molecule has 1 nitrogen and oxygen atoms in total. The summed E-state index contributed by atoms with van der Waals surface area (Å²) in [4.78, 5) is 3.79. The van der Waals surface area contributed by atoms with E-state index in [1.807, 2.05) is 6.08 Å². The third-order valence-corrected chi connectivity index (χ3v) is 0.653. The van der Waals surface area contributed by atoms with Crippen molar-refractivity contribution in [2.24, 2.45) is 4.99 Å². The lowest BCUT2D eigenvalue weighted by molar-refractivity contribution is 1.43. The van der Waals surface area contributed by atoms with Crippen LogP contribution in [-0.2, 0) is 0 Å². The van der Waals surface area contributed by atoms with Gasteiger partial charge in [-0.15, -0.1) is 0 Å². The van der Waals surface area contributed by atoms with Crippen LogP contribution in [0, 0.1) is 11.8 Å². The molecule has 1 aliphatic heterocycles. The highest BCUT2D eigenvalue weighted by molar-refractivity contribution is 5.79. The van der Waals surface area contributed by atoms with Crippen LogP contribution in [0.2, 0.25) is 0 Å². The van der Waals surface area contributed by atoms with Gasteiger partial charge in [0.05, 0.1) is 6.21 Å². The highest BCUT2D eigenvalue weighted by Crippen LogP contribution is 1.82. The first-order valence-corrected chi connectivity index (χ1v) is 2.15. The summed E-state index contributed by atoms with van der Waals surface area (Å²) in [6.45, 7) is 0. The first-order chi connectivity index (χ1) is 3.50. The Hall–Kier alpha value is -1.03. The Labute approximate surface area is 42.8 Å². The van der Waals surface area contributed by atoms with E-state index in [1.54, 1.807) is 12.4 Å². The van der Waals surface area contributed by atoms with Gasteiger partial charge in [-0.3, -0.25) is 4.99 Å². The summed E-state index contributed by atoms with van der Waals surface area (Å²) in [5.41, 5.74) is 0. The second-order valence-electron chi connectivity index (χ2n) is 1.19. The molecule has 0 bridgehead atoms. The van der Waals surface area contributed by atoms with Crippen LogP contribution in [0.5, 0.6) is 0 Å². The molecule has 0 unspecified atom stereocenters. The van der Waals surface area contributed by atoms with E-state index in [-0.39, 0.29) is 0 Å². The zero-order valence-corrected chi connectivity index (χ0v) is 3.89. The Kier molecular flexibility index (Phi) is 1.30. The molecule has 0 aliphatic carbocycles. The molecule has 0 amide bonds.